The molecule has 87 heavy (non-hydrogen) atoms. The first-order chi connectivity index (χ1) is 41.6. The van der Waals surface area contributed by atoms with Crippen LogP contribution in [0.3, 0.4) is 0 Å². The van der Waals surface area contributed by atoms with Crippen molar-refractivity contribution < 1.29 is 0 Å². The fourth-order valence-electron chi connectivity index (χ4n) is 11.7. The number of hydrogen-bond donors (Lipinski definition) is 9. The average molecular weight is 1170 g/mol. The molecule has 20 nitrogen and oxygen atoms in total. The van der Waals surface area contributed by atoms with Crippen LogP contribution in [0.25, 0.3) is 27.2 Å². The number of anilines is 5. The van der Waals surface area contributed by atoms with E-state index in [2.05, 4.69) is 247 Å². The van der Waals surface area contributed by atoms with Gasteiger partial charge >= 0.3 is 0 Å². The molecule has 0 amide bonds. The Balaban J connectivity index is 1.24. The normalized spacial score (nSPS) is 17.5. The number of aromatic nitrogens is 2. The van der Waals surface area contributed by atoms with E-state index < -0.39 is 6.17 Å². The highest BCUT2D eigenvalue weighted by atomic mass is 15.3. The van der Waals surface area contributed by atoms with Gasteiger partial charge in [-0.15, -0.1) is 0 Å². The number of aliphatic imine (C=N–C) groups is 7. The van der Waals surface area contributed by atoms with Crippen molar-refractivity contribution >= 4 is 103 Å². The monoisotopic (exact) mass is 1170 g/mol. The maximum absolute atomic E-state index is 5.91. The van der Waals surface area contributed by atoms with Crippen LogP contribution in [0.15, 0.2) is 124 Å². The number of benzene rings is 4. The van der Waals surface area contributed by atoms with E-state index >= 15 is 0 Å². The van der Waals surface area contributed by atoms with Gasteiger partial charge in [0.15, 0.2) is 41.7 Å². The number of amidine groups is 3. The highest BCUT2D eigenvalue weighted by molar-refractivity contribution is 6.25. The first kappa shape index (κ1) is 59.9. The van der Waals surface area contributed by atoms with E-state index in [4.69, 9.17) is 44.9 Å². The first-order valence-corrected chi connectivity index (χ1v) is 31.4. The summed E-state index contributed by atoms with van der Waals surface area (Å²) in [7, 11) is 0. The Kier molecular flexibility index (Phi) is 17.1. The second-order valence-electron chi connectivity index (χ2n) is 25.7. The molecule has 2 atom stereocenters. The third-order valence-electron chi connectivity index (χ3n) is 14.9. The lowest BCUT2D eigenvalue weighted by atomic mass is 10.1. The topological polar surface area (TPSA) is 229 Å². The smallest absolute Gasteiger partial charge is 0.196 e. The summed E-state index contributed by atoms with van der Waals surface area (Å²) >= 11 is 0. The molecule has 0 saturated heterocycles. The van der Waals surface area contributed by atoms with Crippen LogP contribution >= 0.6 is 0 Å². The molecule has 4 aromatic carbocycles. The van der Waals surface area contributed by atoms with Gasteiger partial charge in [0.2, 0.25) is 0 Å². The van der Waals surface area contributed by atoms with Gasteiger partial charge in [0.25, 0.3) is 0 Å². The van der Waals surface area contributed by atoms with Crippen molar-refractivity contribution in [3.63, 3.8) is 0 Å². The van der Waals surface area contributed by atoms with Gasteiger partial charge in [-0.25, -0.2) is 25.0 Å². The van der Waals surface area contributed by atoms with Gasteiger partial charge in [0, 0.05) is 127 Å². The van der Waals surface area contributed by atoms with Gasteiger partial charge in [-0.2, -0.15) is 0 Å². The lowest BCUT2D eigenvalue weighted by molar-refractivity contribution is 0.440. The van der Waals surface area contributed by atoms with Crippen LogP contribution in [-0.4, -0.2) is 98.8 Å². The summed E-state index contributed by atoms with van der Waals surface area (Å²) in [5.41, 5.74) is 9.68. The van der Waals surface area contributed by atoms with E-state index in [9.17, 15) is 0 Å². The van der Waals surface area contributed by atoms with Gasteiger partial charge in [0.1, 0.15) is 28.4 Å². The summed E-state index contributed by atoms with van der Waals surface area (Å²) < 4.78 is 4.73. The average Bonchev–Trinajstić information content (AvgIpc) is 1.60. The summed E-state index contributed by atoms with van der Waals surface area (Å²) in [6.07, 6.45) is 5.00. The molecule has 1 aliphatic carbocycles. The van der Waals surface area contributed by atoms with E-state index in [-0.39, 0.29) is 54.4 Å². The Hall–Kier alpha value is -8.81. The van der Waals surface area contributed by atoms with Crippen LogP contribution in [-0.2, 0) is 0 Å². The lowest BCUT2D eigenvalue weighted by Gasteiger charge is -2.18. The predicted octanol–water partition coefficient (Wildman–Crippen LogP) is 11.9. The molecule has 0 radical (unpaired) electrons. The number of hydrogen-bond acceptors (Lipinski definition) is 10. The fraction of sp³-hybridized carbons (Fsp3) is 0.448. The number of nitrogens with zero attached hydrogens (tertiary/aromatic N) is 11. The standard InChI is InChI=1S/C67H88N20/c1-34(2)68-64(69-35(3)4)76-42-20-26-48-52(30-42)58-80-56(48)82-62-55-33-45(79-67(74-40(13)14)75-41(15)16)23-29-51(55)61-85-59-53-31-43(77-65(70-36(5)6)71-37(7)8)21-27-49(53)57(81-59)83-63-54-32-44(78-66(72-38(9)10)73-39(11)12)22-28-50(54)60(84-58)86(63)46-18-17-19-47(25-24-46)87(61)62/h20-24,26-41,47,56H,17-19,25H2,1-16H3,(H,80,84)(H2,68,69,76)(H2,70,71,77)(H2,72,73,78)(H2,74,75,79). The molecule has 2 aromatic heterocycles. The summed E-state index contributed by atoms with van der Waals surface area (Å²) in [4.78, 5) is 48.6. The molecule has 8 bridgehead atoms. The van der Waals surface area contributed by atoms with E-state index in [1.165, 1.54) is 0 Å². The molecule has 4 aliphatic heterocycles. The van der Waals surface area contributed by atoms with Crippen LogP contribution < -0.4 is 58.8 Å². The second kappa shape index (κ2) is 24.9. The first-order valence-electron chi connectivity index (χ1n) is 31.4. The lowest BCUT2D eigenvalue weighted by Crippen LogP contribution is -2.36. The quantitative estimate of drug-likeness (QED) is 0.0419. The zero-order chi connectivity index (χ0) is 61.5. The minimum absolute atomic E-state index is 0.0559. The third-order valence-corrected chi connectivity index (χ3v) is 14.9. The molecule has 20 heteroatoms. The predicted molar refractivity (Wildman–Crippen MR) is 364 cm³/mol. The van der Waals surface area contributed by atoms with Crippen molar-refractivity contribution in [3.8, 4) is 0 Å². The van der Waals surface area contributed by atoms with Crippen molar-refractivity contribution in [3.05, 3.63) is 112 Å². The van der Waals surface area contributed by atoms with Gasteiger partial charge in [-0.3, -0.25) is 24.5 Å². The molecule has 0 spiro atoms. The molecular formula is C67H88N20. The van der Waals surface area contributed by atoms with Gasteiger partial charge in [0.05, 0.1) is 0 Å². The molecule has 6 heterocycles. The van der Waals surface area contributed by atoms with Gasteiger partial charge in [-0.1, -0.05) is 12.1 Å². The van der Waals surface area contributed by atoms with Crippen LogP contribution in [0.5, 0.6) is 0 Å². The van der Waals surface area contributed by atoms with E-state index in [1.54, 1.807) is 0 Å². The van der Waals surface area contributed by atoms with Crippen molar-refractivity contribution in [1.82, 2.24) is 30.4 Å². The Morgan fingerprint density at radius 3 is 1.54 bits per heavy atom. The van der Waals surface area contributed by atoms with E-state index in [1.807, 2.05) is 0 Å². The van der Waals surface area contributed by atoms with Crippen LogP contribution in [0.4, 0.5) is 34.4 Å². The summed E-state index contributed by atoms with van der Waals surface area (Å²) in [5, 5.41) is 36.5. The fourth-order valence-corrected chi connectivity index (χ4v) is 11.7. The maximum atomic E-state index is 5.91. The zero-order valence-electron chi connectivity index (χ0n) is 53.5. The Labute approximate surface area is 511 Å². The molecule has 11 rings (SSSR count). The number of fused-ring (bicyclic) bond motifs is 14. The molecule has 2 unspecified atom stereocenters. The minimum atomic E-state index is -0.651. The van der Waals surface area contributed by atoms with Crippen LogP contribution in [0.1, 0.15) is 171 Å². The molecule has 456 valence electrons. The molecule has 0 fully saturated rings. The zero-order valence-corrected chi connectivity index (χ0v) is 53.5. The summed E-state index contributed by atoms with van der Waals surface area (Å²) in [5.74, 6) is 6.13. The number of nitrogens with one attached hydrogen (secondary N) is 9. The number of allylic oxidation sites excluding steroid dienone is 2. The maximum Gasteiger partial charge on any atom is 0.196 e. The summed E-state index contributed by atoms with van der Waals surface area (Å²) in [6, 6.07) is 26.5. The number of guanidine groups is 4. The van der Waals surface area contributed by atoms with Crippen molar-refractivity contribution in [2.45, 2.75) is 197 Å². The Bertz CT molecular complexity index is 4020. The molecule has 0 saturated carbocycles. The molecule has 6 aromatic rings. The van der Waals surface area contributed by atoms with Crippen molar-refractivity contribution in [1.29, 1.82) is 0 Å². The molecular weight excluding hydrogens is 1080 g/mol. The van der Waals surface area contributed by atoms with Crippen molar-refractivity contribution in [2.24, 2.45) is 44.9 Å². The summed E-state index contributed by atoms with van der Waals surface area (Å²) in [6.45, 7) is 33.6. The minimum Gasteiger partial charge on any atom is -0.354 e. The van der Waals surface area contributed by atoms with E-state index in [0.29, 0.717) is 47.8 Å². The van der Waals surface area contributed by atoms with Crippen molar-refractivity contribution in [2.75, 3.05) is 26.6 Å². The SMILES string of the molecule is CC(C)N=C(Nc1ccc2c(c1)C1=NC2=Nc2c3cc(NC(=NC(C)C)NC(C)C)ccc3c3n2C2=CCC(CCC2)n2c(c4ccc(NC(=NC(C)C)NC(C)C)cc4c2=NC2N=C(N3)c3cc(NC(=NC(C)C)NC(C)C)ccc32)=N1)NC(C)C. The van der Waals surface area contributed by atoms with Crippen LogP contribution in [0.2, 0.25) is 0 Å². The number of rotatable bonds is 12. The molecule has 9 N–H and O–H groups in total. The third kappa shape index (κ3) is 13.1. The Morgan fingerprint density at radius 1 is 0.494 bits per heavy atom. The van der Waals surface area contributed by atoms with Gasteiger partial charge in [-0.05, 0) is 203 Å². The highest BCUT2D eigenvalue weighted by Crippen LogP contribution is 2.45. The molecule has 5 aliphatic rings. The van der Waals surface area contributed by atoms with Crippen LogP contribution in [0, 0.1) is 0 Å². The van der Waals surface area contributed by atoms with Gasteiger partial charge < -0.3 is 52.4 Å². The van der Waals surface area contributed by atoms with E-state index in [0.717, 1.165) is 114 Å². The highest BCUT2D eigenvalue weighted by Gasteiger charge is 2.34. The Morgan fingerprint density at radius 2 is 0.989 bits per heavy atom. The largest absolute Gasteiger partial charge is 0.354 e. The second-order valence-corrected chi connectivity index (χ2v) is 25.7.